The molecule has 8 nitrogen and oxygen atoms in total. The van der Waals surface area contributed by atoms with Crippen LogP contribution in [-0.2, 0) is 13.1 Å². The van der Waals surface area contributed by atoms with Crippen LogP contribution >= 0.6 is 0 Å². The summed E-state index contributed by atoms with van der Waals surface area (Å²) in [6, 6.07) is 2.89. The van der Waals surface area contributed by atoms with E-state index >= 15 is 0 Å². The Labute approximate surface area is 163 Å². The molecule has 2 rings (SSSR count). The SMILES string of the molecule is Cc1cc(=O)n(CCCCCCCCCCn2c(=O)cc(C)[nH]c2=O)c(=O)[nH]1. The molecule has 2 heterocycles. The number of hydrogen-bond donors (Lipinski definition) is 2. The summed E-state index contributed by atoms with van der Waals surface area (Å²) < 4.78 is 2.50. The largest absolute Gasteiger partial charge is 0.328 e. The summed E-state index contributed by atoms with van der Waals surface area (Å²) in [5.41, 5.74) is 0.0137. The average molecular weight is 390 g/mol. The van der Waals surface area contributed by atoms with Crippen LogP contribution in [0.1, 0.15) is 62.8 Å². The monoisotopic (exact) mass is 390 g/mol. The Balaban J connectivity index is 1.56. The van der Waals surface area contributed by atoms with E-state index in [0.29, 0.717) is 24.5 Å². The molecule has 0 amide bonds. The minimum Gasteiger partial charge on any atom is -0.311 e. The summed E-state index contributed by atoms with van der Waals surface area (Å²) in [5.74, 6) is 0. The Kier molecular flexibility index (Phi) is 8.22. The zero-order chi connectivity index (χ0) is 20.5. The molecule has 8 heteroatoms. The van der Waals surface area contributed by atoms with E-state index in [1.807, 2.05) is 0 Å². The standard InChI is InChI=1S/C20H30N4O4/c1-15-13-17(25)23(19(27)21-15)11-9-7-5-3-4-6-8-10-12-24-18(26)14-16(2)22-20(24)28/h13-14H,3-12H2,1-2H3,(H,21,27)(H,22,28). The highest BCUT2D eigenvalue weighted by atomic mass is 16.2. The first-order valence-corrected chi connectivity index (χ1v) is 10.00. The van der Waals surface area contributed by atoms with Gasteiger partial charge < -0.3 is 9.97 Å². The third-order valence-corrected chi connectivity index (χ3v) is 4.82. The van der Waals surface area contributed by atoms with Crippen molar-refractivity contribution in [2.24, 2.45) is 0 Å². The summed E-state index contributed by atoms with van der Waals surface area (Å²) in [7, 11) is 0. The van der Waals surface area contributed by atoms with Gasteiger partial charge in [-0.2, -0.15) is 0 Å². The third-order valence-electron chi connectivity index (χ3n) is 4.82. The minimum atomic E-state index is -0.337. The van der Waals surface area contributed by atoms with Gasteiger partial charge in [-0.1, -0.05) is 38.5 Å². The Morgan fingerprint density at radius 3 is 1.25 bits per heavy atom. The number of nitrogens with one attached hydrogen (secondary N) is 2. The van der Waals surface area contributed by atoms with Crippen LogP contribution in [0.25, 0.3) is 0 Å². The Hall–Kier alpha value is -2.64. The van der Waals surface area contributed by atoms with E-state index < -0.39 is 0 Å². The lowest BCUT2D eigenvalue weighted by Gasteiger charge is -2.06. The van der Waals surface area contributed by atoms with Crippen molar-refractivity contribution in [2.75, 3.05) is 0 Å². The van der Waals surface area contributed by atoms with Gasteiger partial charge in [-0.25, -0.2) is 9.59 Å². The molecule has 0 spiro atoms. The summed E-state index contributed by atoms with van der Waals surface area (Å²) in [5, 5.41) is 0. The van der Waals surface area contributed by atoms with E-state index in [0.717, 1.165) is 51.4 Å². The molecule has 0 radical (unpaired) electrons. The number of H-pyrrole nitrogens is 2. The summed E-state index contributed by atoms with van der Waals surface area (Å²) in [6.45, 7) is 4.30. The van der Waals surface area contributed by atoms with Crippen molar-refractivity contribution in [3.63, 3.8) is 0 Å². The summed E-state index contributed by atoms with van der Waals surface area (Å²) in [4.78, 5) is 52.4. The Morgan fingerprint density at radius 2 is 0.929 bits per heavy atom. The first-order chi connectivity index (χ1) is 13.4. The van der Waals surface area contributed by atoms with Crippen molar-refractivity contribution < 1.29 is 0 Å². The van der Waals surface area contributed by atoms with Crippen LogP contribution < -0.4 is 22.5 Å². The van der Waals surface area contributed by atoms with Gasteiger partial charge in [0, 0.05) is 36.6 Å². The lowest BCUT2D eigenvalue weighted by atomic mass is 10.1. The summed E-state index contributed by atoms with van der Waals surface area (Å²) in [6.07, 6.45) is 7.91. The van der Waals surface area contributed by atoms with E-state index in [1.54, 1.807) is 13.8 Å². The van der Waals surface area contributed by atoms with Crippen LogP contribution in [0.5, 0.6) is 0 Å². The molecule has 0 fully saturated rings. The molecule has 2 aromatic heterocycles. The average Bonchev–Trinajstić information content (AvgIpc) is 2.60. The van der Waals surface area contributed by atoms with Gasteiger partial charge in [-0.15, -0.1) is 0 Å². The maximum absolute atomic E-state index is 11.8. The van der Waals surface area contributed by atoms with E-state index in [4.69, 9.17) is 0 Å². The molecule has 2 aromatic rings. The van der Waals surface area contributed by atoms with Gasteiger partial charge in [0.2, 0.25) is 0 Å². The quantitative estimate of drug-likeness (QED) is 0.570. The van der Waals surface area contributed by atoms with Crippen LogP contribution in [-0.4, -0.2) is 19.1 Å². The van der Waals surface area contributed by atoms with Gasteiger partial charge in [0.15, 0.2) is 0 Å². The van der Waals surface area contributed by atoms with Gasteiger partial charge in [0.25, 0.3) is 11.1 Å². The fraction of sp³-hybridized carbons (Fsp3) is 0.600. The van der Waals surface area contributed by atoms with Gasteiger partial charge >= 0.3 is 11.4 Å². The van der Waals surface area contributed by atoms with E-state index in [2.05, 4.69) is 9.97 Å². The van der Waals surface area contributed by atoms with E-state index in [1.165, 1.54) is 21.3 Å². The second kappa shape index (κ2) is 10.6. The molecule has 0 saturated carbocycles. The third kappa shape index (κ3) is 6.51. The predicted molar refractivity (Wildman–Crippen MR) is 109 cm³/mol. The zero-order valence-electron chi connectivity index (χ0n) is 16.8. The molecule has 0 unspecified atom stereocenters. The predicted octanol–water partition coefficient (Wildman–Crippen LogP) is 1.82. The maximum atomic E-state index is 11.8. The molecule has 0 atom stereocenters. The lowest BCUT2D eigenvalue weighted by molar-refractivity contribution is 0.507. The fourth-order valence-corrected chi connectivity index (χ4v) is 3.29. The van der Waals surface area contributed by atoms with Crippen molar-refractivity contribution in [2.45, 2.75) is 78.3 Å². The van der Waals surface area contributed by atoms with Crippen LogP contribution in [0.4, 0.5) is 0 Å². The van der Waals surface area contributed by atoms with Gasteiger partial charge in [-0.3, -0.25) is 18.7 Å². The molecular formula is C20H30N4O4. The Morgan fingerprint density at radius 1 is 0.607 bits per heavy atom. The molecule has 0 saturated heterocycles. The molecule has 0 aliphatic carbocycles. The van der Waals surface area contributed by atoms with Crippen LogP contribution in [0, 0.1) is 13.8 Å². The number of aromatic nitrogens is 4. The van der Waals surface area contributed by atoms with Crippen molar-refractivity contribution in [3.05, 3.63) is 65.2 Å². The number of aromatic amines is 2. The summed E-state index contributed by atoms with van der Waals surface area (Å²) >= 11 is 0. The highest BCUT2D eigenvalue weighted by Crippen LogP contribution is 2.09. The number of rotatable bonds is 11. The lowest BCUT2D eigenvalue weighted by Crippen LogP contribution is -2.35. The fourth-order valence-electron chi connectivity index (χ4n) is 3.29. The van der Waals surface area contributed by atoms with Crippen molar-refractivity contribution >= 4 is 0 Å². The molecule has 0 bridgehead atoms. The van der Waals surface area contributed by atoms with Crippen molar-refractivity contribution in [1.82, 2.24) is 19.1 Å². The Bertz CT molecular complexity index is 853. The van der Waals surface area contributed by atoms with Crippen LogP contribution in [0.15, 0.2) is 31.3 Å². The topological polar surface area (TPSA) is 110 Å². The number of aryl methyl sites for hydroxylation is 2. The molecule has 154 valence electrons. The minimum absolute atomic E-state index is 0.243. The number of hydrogen-bond acceptors (Lipinski definition) is 4. The molecule has 0 aliphatic heterocycles. The van der Waals surface area contributed by atoms with Gasteiger partial charge in [0.05, 0.1) is 0 Å². The number of unbranched alkanes of at least 4 members (excludes halogenated alkanes) is 7. The first kappa shape index (κ1) is 21.7. The van der Waals surface area contributed by atoms with E-state index in [9.17, 15) is 19.2 Å². The maximum Gasteiger partial charge on any atom is 0.328 e. The molecule has 0 aliphatic rings. The highest BCUT2D eigenvalue weighted by molar-refractivity contribution is 4.97. The van der Waals surface area contributed by atoms with Crippen molar-refractivity contribution in [1.29, 1.82) is 0 Å². The van der Waals surface area contributed by atoms with Crippen molar-refractivity contribution in [3.8, 4) is 0 Å². The van der Waals surface area contributed by atoms with Gasteiger partial charge in [-0.05, 0) is 26.7 Å². The number of nitrogens with zero attached hydrogens (tertiary/aromatic N) is 2. The second-order valence-electron chi connectivity index (χ2n) is 7.32. The molecule has 2 N–H and O–H groups in total. The molecule has 28 heavy (non-hydrogen) atoms. The smallest absolute Gasteiger partial charge is 0.311 e. The van der Waals surface area contributed by atoms with Crippen LogP contribution in [0.2, 0.25) is 0 Å². The van der Waals surface area contributed by atoms with Crippen LogP contribution in [0.3, 0.4) is 0 Å². The zero-order valence-corrected chi connectivity index (χ0v) is 16.8. The molecule has 0 aromatic carbocycles. The normalized spacial score (nSPS) is 11.1. The second-order valence-corrected chi connectivity index (χ2v) is 7.32. The molecular weight excluding hydrogens is 360 g/mol. The van der Waals surface area contributed by atoms with E-state index in [-0.39, 0.29) is 22.5 Å². The van der Waals surface area contributed by atoms with Gasteiger partial charge in [0.1, 0.15) is 0 Å². The highest BCUT2D eigenvalue weighted by Gasteiger charge is 2.03. The first-order valence-electron chi connectivity index (χ1n) is 10.00.